The second-order valence-electron chi connectivity index (χ2n) is 8.19. The van der Waals surface area contributed by atoms with Crippen molar-refractivity contribution in [3.8, 4) is 0 Å². The van der Waals surface area contributed by atoms with E-state index in [1.165, 1.54) is 7.11 Å². The lowest BCUT2D eigenvalue weighted by Crippen LogP contribution is -2.40. The molecule has 0 radical (unpaired) electrons. The van der Waals surface area contributed by atoms with E-state index in [2.05, 4.69) is 17.1 Å². The summed E-state index contributed by atoms with van der Waals surface area (Å²) in [5.74, 6) is -1.28. The molecule has 1 aromatic rings. The Morgan fingerprint density at radius 3 is 2.58 bits per heavy atom. The summed E-state index contributed by atoms with van der Waals surface area (Å²) < 4.78 is 45.0. The van der Waals surface area contributed by atoms with Gasteiger partial charge in [-0.25, -0.2) is 4.79 Å². The fourth-order valence-corrected chi connectivity index (χ4v) is 3.22. The first kappa shape index (κ1) is 24.4. The predicted molar refractivity (Wildman–Crippen MR) is 110 cm³/mol. The van der Waals surface area contributed by atoms with Crippen molar-refractivity contribution in [1.82, 2.24) is 5.32 Å². The maximum absolute atomic E-state index is 13.2. The summed E-state index contributed by atoms with van der Waals surface area (Å²) >= 11 is 0. The molecule has 1 N–H and O–H groups in total. The molecule has 0 saturated heterocycles. The molecule has 1 atom stereocenters. The zero-order valence-corrected chi connectivity index (χ0v) is 18.1. The van der Waals surface area contributed by atoms with E-state index < -0.39 is 35.1 Å². The summed E-state index contributed by atoms with van der Waals surface area (Å²) in [4.78, 5) is 30.2. The molecule has 1 aromatic carbocycles. The van der Waals surface area contributed by atoms with Crippen LogP contribution in [0.1, 0.15) is 55.1 Å². The number of oxime groups is 1. The molecule has 1 heterocycles. The van der Waals surface area contributed by atoms with Crippen LogP contribution in [0.2, 0.25) is 0 Å². The molecule has 1 aliphatic rings. The molecule has 31 heavy (non-hydrogen) atoms. The Balaban J connectivity index is 2.49. The van der Waals surface area contributed by atoms with Crippen molar-refractivity contribution < 1.29 is 32.3 Å². The number of halogens is 3. The first-order chi connectivity index (χ1) is 14.3. The van der Waals surface area contributed by atoms with Crippen LogP contribution >= 0.6 is 0 Å². The molecular formula is C22H27F3N2O4. The number of rotatable bonds is 1. The first-order valence-corrected chi connectivity index (χ1v) is 9.82. The molecule has 2 rings (SSSR count). The highest BCUT2D eigenvalue weighted by Crippen LogP contribution is 2.31. The Morgan fingerprint density at radius 1 is 1.29 bits per heavy atom. The van der Waals surface area contributed by atoms with Gasteiger partial charge in [-0.2, -0.15) is 13.2 Å². The van der Waals surface area contributed by atoms with Crippen molar-refractivity contribution in [1.29, 1.82) is 0 Å². The molecule has 0 bridgehead atoms. The van der Waals surface area contributed by atoms with Gasteiger partial charge >= 0.3 is 12.1 Å². The van der Waals surface area contributed by atoms with E-state index in [4.69, 9.17) is 9.57 Å². The molecule has 9 heteroatoms. The molecule has 1 aliphatic heterocycles. The number of carbonyl (C=O) groups excluding carboxylic acids is 2. The van der Waals surface area contributed by atoms with Crippen molar-refractivity contribution in [2.24, 2.45) is 10.6 Å². The lowest BCUT2D eigenvalue weighted by atomic mass is 9.84. The van der Waals surface area contributed by atoms with E-state index in [0.717, 1.165) is 18.2 Å². The zero-order valence-electron chi connectivity index (χ0n) is 18.1. The van der Waals surface area contributed by atoms with Crippen molar-refractivity contribution in [3.63, 3.8) is 0 Å². The van der Waals surface area contributed by atoms with Crippen molar-refractivity contribution in [2.45, 2.75) is 52.3 Å². The Bertz CT molecular complexity index is 891. The average Bonchev–Trinajstić information content (AvgIpc) is 2.67. The van der Waals surface area contributed by atoms with Gasteiger partial charge in [-0.1, -0.05) is 25.6 Å². The molecular weight excluding hydrogens is 413 g/mol. The molecule has 0 fully saturated rings. The van der Waals surface area contributed by atoms with Gasteiger partial charge in [0.2, 0.25) is 0 Å². The maximum Gasteiger partial charge on any atom is 0.416 e. The third kappa shape index (κ3) is 6.32. The molecule has 0 saturated carbocycles. The van der Waals surface area contributed by atoms with E-state index in [-0.39, 0.29) is 29.7 Å². The van der Waals surface area contributed by atoms with Gasteiger partial charge in [0, 0.05) is 29.5 Å². The number of fused-ring (bicyclic) bond motifs is 1. The lowest BCUT2D eigenvalue weighted by Gasteiger charge is -2.28. The SMILES string of the molecule is C=C1Cc2cc(C(F)(F)F)ccc2C(=O)NCC(C)(C)/C(=N/OC)CC[C@H](C)OC1=O. The summed E-state index contributed by atoms with van der Waals surface area (Å²) in [6.07, 6.45) is -4.39. The molecule has 170 valence electrons. The Labute approximate surface area is 179 Å². The Morgan fingerprint density at radius 2 is 1.97 bits per heavy atom. The monoisotopic (exact) mass is 440 g/mol. The van der Waals surface area contributed by atoms with Gasteiger partial charge < -0.3 is 14.9 Å². The number of hydrogen-bond acceptors (Lipinski definition) is 5. The van der Waals surface area contributed by atoms with E-state index in [1.807, 2.05) is 13.8 Å². The number of carbonyl (C=O) groups is 2. The minimum absolute atomic E-state index is 0.0353. The van der Waals surface area contributed by atoms with E-state index in [9.17, 15) is 22.8 Å². The number of benzene rings is 1. The maximum atomic E-state index is 13.2. The van der Waals surface area contributed by atoms with Gasteiger partial charge in [-0.05, 0) is 43.5 Å². The summed E-state index contributed by atoms with van der Waals surface area (Å²) in [5.41, 5.74) is -0.819. The van der Waals surface area contributed by atoms with Crippen LogP contribution in [0.25, 0.3) is 0 Å². The smallest absolute Gasteiger partial charge is 0.416 e. The predicted octanol–water partition coefficient (Wildman–Crippen LogP) is 4.29. The normalized spacial score (nSPS) is 22.2. The molecule has 0 unspecified atom stereocenters. The van der Waals surface area contributed by atoms with Crippen LogP contribution in [0.5, 0.6) is 0 Å². The molecule has 0 aliphatic carbocycles. The minimum Gasteiger partial charge on any atom is -0.459 e. The topological polar surface area (TPSA) is 77.0 Å². The third-order valence-electron chi connectivity index (χ3n) is 5.14. The highest BCUT2D eigenvalue weighted by Gasteiger charge is 2.33. The largest absolute Gasteiger partial charge is 0.459 e. The number of nitrogens with zero attached hydrogens (tertiary/aromatic N) is 1. The van der Waals surface area contributed by atoms with Gasteiger partial charge in [0.1, 0.15) is 7.11 Å². The summed E-state index contributed by atoms with van der Waals surface area (Å²) in [6, 6.07) is 2.82. The number of esters is 1. The van der Waals surface area contributed by atoms with Gasteiger partial charge in [-0.15, -0.1) is 0 Å². The highest BCUT2D eigenvalue weighted by atomic mass is 19.4. The fourth-order valence-electron chi connectivity index (χ4n) is 3.22. The summed E-state index contributed by atoms with van der Waals surface area (Å²) in [5, 5.41) is 6.83. The molecule has 1 amide bonds. The Hall–Kier alpha value is -2.84. The lowest BCUT2D eigenvalue weighted by molar-refractivity contribution is -0.143. The number of alkyl halides is 3. The van der Waals surface area contributed by atoms with Crippen LogP contribution in [0.15, 0.2) is 35.5 Å². The van der Waals surface area contributed by atoms with E-state index in [1.54, 1.807) is 6.92 Å². The van der Waals surface area contributed by atoms with Crippen molar-refractivity contribution >= 4 is 17.6 Å². The molecule has 0 aromatic heterocycles. The highest BCUT2D eigenvalue weighted by molar-refractivity contribution is 5.97. The van der Waals surface area contributed by atoms with Gasteiger partial charge in [0.25, 0.3) is 5.91 Å². The number of ether oxygens (including phenoxy) is 1. The number of hydrogen-bond donors (Lipinski definition) is 1. The van der Waals surface area contributed by atoms with Crippen molar-refractivity contribution in [3.05, 3.63) is 47.0 Å². The van der Waals surface area contributed by atoms with Crippen LogP contribution in [0.3, 0.4) is 0 Å². The van der Waals surface area contributed by atoms with Crippen LogP contribution in [0, 0.1) is 5.41 Å². The second-order valence-corrected chi connectivity index (χ2v) is 8.19. The van der Waals surface area contributed by atoms with Crippen LogP contribution in [0.4, 0.5) is 13.2 Å². The van der Waals surface area contributed by atoms with Crippen LogP contribution in [-0.4, -0.2) is 37.3 Å². The van der Waals surface area contributed by atoms with Crippen molar-refractivity contribution in [2.75, 3.05) is 13.7 Å². The fraction of sp³-hybridized carbons (Fsp3) is 0.500. The molecule has 0 spiro atoms. The van der Waals surface area contributed by atoms with Crippen LogP contribution < -0.4 is 5.32 Å². The van der Waals surface area contributed by atoms with Gasteiger partial charge in [0.15, 0.2) is 0 Å². The number of amides is 1. The molecule has 6 nitrogen and oxygen atoms in total. The van der Waals surface area contributed by atoms with Gasteiger partial charge in [0.05, 0.1) is 17.4 Å². The minimum atomic E-state index is -4.59. The zero-order chi connectivity index (χ0) is 23.4. The first-order valence-electron chi connectivity index (χ1n) is 9.82. The number of nitrogens with one attached hydrogen (secondary N) is 1. The Kier molecular flexibility index (Phi) is 7.51. The van der Waals surface area contributed by atoms with Gasteiger partial charge in [-0.3, -0.25) is 4.79 Å². The second kappa shape index (κ2) is 9.53. The summed E-state index contributed by atoms with van der Waals surface area (Å²) in [6.45, 7) is 9.28. The quantitative estimate of drug-likeness (QED) is 0.402. The van der Waals surface area contributed by atoms with E-state index >= 15 is 0 Å². The summed E-state index contributed by atoms with van der Waals surface area (Å²) in [7, 11) is 1.41. The third-order valence-corrected chi connectivity index (χ3v) is 5.14. The number of cyclic esters (lactones) is 1. The van der Waals surface area contributed by atoms with E-state index in [0.29, 0.717) is 18.6 Å². The standard InChI is InChI=1S/C22H27F3N2O4/c1-13-10-15-11-16(22(23,24)25)7-8-17(15)19(28)26-12-21(3,4)18(27-30-5)9-6-14(2)31-20(13)29/h7-8,11,14H,1,6,9-10,12H2,2-5H3,(H,26,28)/b27-18+/t14-/m0/s1. The van der Waals surface area contributed by atoms with Crippen LogP contribution in [-0.2, 0) is 27.0 Å². The average molecular weight is 440 g/mol.